The number of aryl methyl sites for hydroxylation is 1. The smallest absolute Gasteiger partial charge is 0.361 e. The monoisotopic (exact) mass is 575 g/mol. The summed E-state index contributed by atoms with van der Waals surface area (Å²) < 4.78 is 39.4. The number of benzene rings is 3. The van der Waals surface area contributed by atoms with Crippen molar-refractivity contribution < 1.29 is 22.8 Å². The number of nitrogens with zero attached hydrogens (tertiary/aromatic N) is 2. The van der Waals surface area contributed by atoms with Gasteiger partial charge in [-0.15, -0.1) is 0 Å². The zero-order valence-electron chi connectivity index (χ0n) is 23.8. The van der Waals surface area contributed by atoms with Crippen LogP contribution in [0.1, 0.15) is 65.2 Å². The third kappa shape index (κ3) is 7.22. The molecular weight excluding hydrogens is 539 g/mol. The molecule has 3 aromatic carbocycles. The maximum Gasteiger partial charge on any atom is 0.416 e. The molecule has 42 heavy (non-hydrogen) atoms. The van der Waals surface area contributed by atoms with E-state index < -0.39 is 11.7 Å². The van der Waals surface area contributed by atoms with Gasteiger partial charge in [0, 0.05) is 41.8 Å². The fraction of sp³-hybridized carbons (Fsp3) is 0.353. The first-order valence-electron chi connectivity index (χ1n) is 14.6. The minimum atomic E-state index is -4.43. The van der Waals surface area contributed by atoms with Gasteiger partial charge in [0.05, 0.1) is 5.56 Å². The molecule has 1 aliphatic carbocycles. The number of unbranched alkanes of at least 4 members (excludes halogenated alkanes) is 1. The molecule has 0 radical (unpaired) electrons. The Morgan fingerprint density at radius 1 is 0.905 bits per heavy atom. The fourth-order valence-corrected chi connectivity index (χ4v) is 5.26. The molecule has 1 aliphatic rings. The minimum Gasteiger partial charge on any atom is -0.361 e. The van der Waals surface area contributed by atoms with E-state index in [9.17, 15) is 22.8 Å². The Balaban J connectivity index is 1.33. The lowest BCUT2D eigenvalue weighted by molar-refractivity contribution is -0.137. The van der Waals surface area contributed by atoms with Crippen molar-refractivity contribution >= 4 is 22.7 Å². The van der Waals surface area contributed by atoms with Gasteiger partial charge in [0.1, 0.15) is 6.54 Å². The Morgan fingerprint density at radius 3 is 2.26 bits per heavy atom. The highest BCUT2D eigenvalue weighted by Crippen LogP contribution is 2.30. The summed E-state index contributed by atoms with van der Waals surface area (Å²) in [6.07, 6.45) is 2.91. The predicted octanol–water partition coefficient (Wildman–Crippen LogP) is 7.41. The molecule has 5 rings (SSSR count). The van der Waals surface area contributed by atoms with E-state index in [1.807, 2.05) is 54.7 Å². The first-order chi connectivity index (χ1) is 20.2. The number of halogens is 3. The summed E-state index contributed by atoms with van der Waals surface area (Å²) in [7, 11) is 0. The molecule has 0 spiro atoms. The van der Waals surface area contributed by atoms with Crippen LogP contribution in [0.4, 0.5) is 13.2 Å². The highest BCUT2D eigenvalue weighted by atomic mass is 19.4. The number of fused-ring (bicyclic) bond motifs is 1. The molecule has 1 heterocycles. The van der Waals surface area contributed by atoms with Gasteiger partial charge in [0.2, 0.25) is 5.91 Å². The molecule has 5 nitrogen and oxygen atoms in total. The molecule has 8 heteroatoms. The van der Waals surface area contributed by atoms with Crippen LogP contribution in [0.3, 0.4) is 0 Å². The zero-order valence-corrected chi connectivity index (χ0v) is 23.8. The Kier molecular flexibility index (Phi) is 9.00. The molecule has 1 N–H and O–H groups in total. The van der Waals surface area contributed by atoms with Crippen molar-refractivity contribution in [2.45, 2.75) is 64.2 Å². The predicted molar refractivity (Wildman–Crippen MR) is 158 cm³/mol. The highest BCUT2D eigenvalue weighted by Gasteiger charge is 2.35. The van der Waals surface area contributed by atoms with E-state index in [2.05, 4.69) is 11.9 Å². The number of aromatic nitrogens is 1. The fourth-order valence-electron chi connectivity index (χ4n) is 5.26. The number of para-hydroxylation sites is 1. The van der Waals surface area contributed by atoms with E-state index in [0.717, 1.165) is 60.7 Å². The molecule has 0 saturated heterocycles. The summed E-state index contributed by atoms with van der Waals surface area (Å²) in [5.41, 5.74) is 3.66. The maximum atomic E-state index is 13.8. The lowest BCUT2D eigenvalue weighted by Gasteiger charge is -2.28. The lowest BCUT2D eigenvalue weighted by Crippen LogP contribution is -2.44. The first kappa shape index (κ1) is 29.4. The number of carbonyl (C=O) groups is 2. The van der Waals surface area contributed by atoms with Gasteiger partial charge in [0.15, 0.2) is 0 Å². The molecular formula is C34H36F3N3O2. The second-order valence-electron chi connectivity index (χ2n) is 11.1. The van der Waals surface area contributed by atoms with Gasteiger partial charge in [-0.25, -0.2) is 0 Å². The zero-order chi connectivity index (χ0) is 29.7. The lowest BCUT2D eigenvalue weighted by atomic mass is 10.1. The number of rotatable bonds is 12. The van der Waals surface area contributed by atoms with Crippen LogP contribution in [0.5, 0.6) is 0 Å². The van der Waals surface area contributed by atoms with Crippen molar-refractivity contribution in [3.63, 3.8) is 0 Å². The molecule has 4 aromatic rings. The topological polar surface area (TPSA) is 56.4 Å². The summed E-state index contributed by atoms with van der Waals surface area (Å²) in [6, 6.07) is 20.5. The van der Waals surface area contributed by atoms with Gasteiger partial charge in [0.25, 0.3) is 5.91 Å². The summed E-state index contributed by atoms with van der Waals surface area (Å²) in [4.78, 5) is 33.9. The third-order valence-electron chi connectivity index (χ3n) is 7.91. The normalized spacial score (nSPS) is 13.3. The van der Waals surface area contributed by atoms with Gasteiger partial charge < -0.3 is 14.8 Å². The molecule has 0 atom stereocenters. The van der Waals surface area contributed by atoms with Crippen LogP contribution in [-0.4, -0.2) is 45.7 Å². The van der Waals surface area contributed by atoms with Crippen LogP contribution >= 0.6 is 0 Å². The van der Waals surface area contributed by atoms with Crippen molar-refractivity contribution in [1.82, 2.24) is 14.8 Å². The molecule has 1 saturated carbocycles. The Morgan fingerprint density at radius 2 is 1.60 bits per heavy atom. The van der Waals surface area contributed by atoms with E-state index in [-0.39, 0.29) is 30.9 Å². The second-order valence-corrected chi connectivity index (χ2v) is 11.1. The molecule has 1 aromatic heterocycles. The van der Waals surface area contributed by atoms with E-state index in [1.165, 1.54) is 17.7 Å². The molecule has 220 valence electrons. The van der Waals surface area contributed by atoms with Crippen LogP contribution in [0.15, 0.2) is 79.0 Å². The Labute approximate surface area is 244 Å². The average molecular weight is 576 g/mol. The van der Waals surface area contributed by atoms with Crippen molar-refractivity contribution in [2.24, 2.45) is 0 Å². The minimum absolute atomic E-state index is 0.0164. The summed E-state index contributed by atoms with van der Waals surface area (Å²) in [5, 5.41) is 1.07. The number of alkyl halides is 3. The first-order valence-corrected chi connectivity index (χ1v) is 14.6. The largest absolute Gasteiger partial charge is 0.416 e. The Bertz CT molecular complexity index is 1510. The van der Waals surface area contributed by atoms with Crippen LogP contribution in [0.25, 0.3) is 10.9 Å². The SMILES string of the molecule is CCCCc1ccc(C(=O)N(CC(=O)N(CCc2c[nH]c3ccccc23)Cc2ccc(C(F)(F)F)cc2)C2CC2)cc1. The third-order valence-corrected chi connectivity index (χ3v) is 7.91. The van der Waals surface area contributed by atoms with E-state index in [0.29, 0.717) is 24.1 Å². The number of H-pyrrole nitrogens is 1. The molecule has 1 fully saturated rings. The van der Waals surface area contributed by atoms with Crippen LogP contribution in [0.2, 0.25) is 0 Å². The summed E-state index contributed by atoms with van der Waals surface area (Å²) >= 11 is 0. The highest BCUT2D eigenvalue weighted by molar-refractivity contribution is 5.97. The van der Waals surface area contributed by atoms with Gasteiger partial charge in [-0.2, -0.15) is 13.2 Å². The summed E-state index contributed by atoms with van der Waals surface area (Å²) in [5.74, 6) is -0.395. The molecule has 0 bridgehead atoms. The number of amides is 2. The van der Waals surface area contributed by atoms with Crippen molar-refractivity contribution in [2.75, 3.05) is 13.1 Å². The standard InChI is InChI=1S/C34H36F3N3O2/c1-2-3-6-24-9-13-26(14-10-24)33(42)40(29-17-18-29)23-32(41)39(22-25-11-15-28(16-12-25)34(35,36)37)20-19-27-21-38-31-8-5-4-7-30(27)31/h4-5,7-16,21,29,38H,2-3,6,17-20,22-23H2,1H3. The van der Waals surface area contributed by atoms with E-state index in [1.54, 1.807) is 9.80 Å². The van der Waals surface area contributed by atoms with Gasteiger partial charge in [-0.3, -0.25) is 9.59 Å². The molecule has 0 aliphatic heterocycles. The van der Waals surface area contributed by atoms with Gasteiger partial charge in [-0.1, -0.05) is 55.8 Å². The number of nitrogens with one attached hydrogen (secondary N) is 1. The van der Waals surface area contributed by atoms with Crippen molar-refractivity contribution in [3.05, 3.63) is 107 Å². The quantitative estimate of drug-likeness (QED) is 0.191. The second kappa shape index (κ2) is 12.8. The van der Waals surface area contributed by atoms with Gasteiger partial charge >= 0.3 is 6.18 Å². The Hall–Kier alpha value is -4.07. The molecule has 0 unspecified atom stereocenters. The van der Waals surface area contributed by atoms with Crippen molar-refractivity contribution in [1.29, 1.82) is 0 Å². The maximum absolute atomic E-state index is 13.8. The van der Waals surface area contributed by atoms with Crippen LogP contribution in [-0.2, 0) is 30.4 Å². The number of hydrogen-bond acceptors (Lipinski definition) is 2. The number of hydrogen-bond donors (Lipinski definition) is 1. The van der Waals surface area contributed by atoms with E-state index >= 15 is 0 Å². The van der Waals surface area contributed by atoms with Gasteiger partial charge in [-0.05, 0) is 79.1 Å². The van der Waals surface area contributed by atoms with Crippen molar-refractivity contribution in [3.8, 4) is 0 Å². The van der Waals surface area contributed by atoms with Crippen LogP contribution < -0.4 is 0 Å². The summed E-state index contributed by atoms with van der Waals surface area (Å²) in [6.45, 7) is 2.58. The van der Waals surface area contributed by atoms with E-state index in [4.69, 9.17) is 0 Å². The van der Waals surface area contributed by atoms with Crippen LogP contribution in [0, 0.1) is 0 Å². The number of carbonyl (C=O) groups excluding carboxylic acids is 2. The number of aromatic amines is 1. The molecule has 2 amide bonds. The average Bonchev–Trinajstić information content (AvgIpc) is 3.75.